The van der Waals surface area contributed by atoms with Crippen LogP contribution < -0.4 is 21.2 Å². The molecule has 2 aromatic rings. The van der Waals surface area contributed by atoms with E-state index in [0.717, 1.165) is 29.9 Å². The average molecular weight is 381 g/mol. The summed E-state index contributed by atoms with van der Waals surface area (Å²) in [7, 11) is 3.51. The van der Waals surface area contributed by atoms with Crippen LogP contribution in [0, 0.1) is 0 Å². The average Bonchev–Trinajstić information content (AvgIpc) is 2.61. The number of aromatic nitrogens is 2. The van der Waals surface area contributed by atoms with Crippen LogP contribution in [0.15, 0.2) is 29.1 Å². The van der Waals surface area contributed by atoms with Crippen molar-refractivity contribution in [1.29, 1.82) is 0 Å². The zero-order valence-corrected chi connectivity index (χ0v) is 15.2. The van der Waals surface area contributed by atoms with Gasteiger partial charge in [0.2, 0.25) is 5.95 Å². The molecule has 0 saturated carbocycles. The van der Waals surface area contributed by atoms with Crippen LogP contribution in [0.4, 0.5) is 19.1 Å². The number of alkyl halides is 3. The summed E-state index contributed by atoms with van der Waals surface area (Å²) < 4.78 is 39.4. The summed E-state index contributed by atoms with van der Waals surface area (Å²) in [6.45, 7) is 1.72. The van der Waals surface area contributed by atoms with E-state index in [0.29, 0.717) is 37.4 Å². The molecule has 1 aliphatic heterocycles. The Morgan fingerprint density at radius 3 is 2.59 bits per heavy atom. The first-order valence-corrected chi connectivity index (χ1v) is 8.70. The van der Waals surface area contributed by atoms with E-state index in [1.54, 1.807) is 19.1 Å². The molecule has 6 nitrogen and oxygen atoms in total. The van der Waals surface area contributed by atoms with Crippen molar-refractivity contribution in [3.8, 4) is 0 Å². The second-order valence-corrected chi connectivity index (χ2v) is 6.62. The molecule has 0 fully saturated rings. The monoisotopic (exact) mass is 381 g/mol. The second-order valence-electron chi connectivity index (χ2n) is 6.62. The van der Waals surface area contributed by atoms with Crippen LogP contribution in [-0.4, -0.2) is 36.8 Å². The minimum absolute atomic E-state index is 0.116. The molecule has 1 aliphatic rings. The van der Waals surface area contributed by atoms with E-state index >= 15 is 0 Å². The van der Waals surface area contributed by atoms with Gasteiger partial charge in [-0.25, -0.2) is 4.98 Å². The second kappa shape index (κ2) is 7.59. The first-order valence-electron chi connectivity index (χ1n) is 8.70. The number of halogens is 3. The Balaban J connectivity index is 1.74. The zero-order chi connectivity index (χ0) is 19.6. The highest BCUT2D eigenvalue weighted by molar-refractivity contribution is 5.35. The Bertz CT molecular complexity index is 859. The van der Waals surface area contributed by atoms with Crippen molar-refractivity contribution in [3.63, 3.8) is 0 Å². The van der Waals surface area contributed by atoms with Crippen LogP contribution >= 0.6 is 0 Å². The lowest BCUT2D eigenvalue weighted by Gasteiger charge is -2.24. The molecule has 0 radical (unpaired) electrons. The fourth-order valence-electron chi connectivity index (χ4n) is 3.06. The fraction of sp³-hybridized carbons (Fsp3) is 0.444. The van der Waals surface area contributed by atoms with E-state index in [-0.39, 0.29) is 5.56 Å². The van der Waals surface area contributed by atoms with Crippen molar-refractivity contribution in [2.24, 2.45) is 0 Å². The van der Waals surface area contributed by atoms with Crippen LogP contribution in [0.25, 0.3) is 0 Å². The topological polar surface area (TPSA) is 62.2 Å². The molecule has 0 atom stereocenters. The summed E-state index contributed by atoms with van der Waals surface area (Å²) in [5.41, 5.74) is 1.45. The van der Waals surface area contributed by atoms with Crippen molar-refractivity contribution in [3.05, 3.63) is 57.0 Å². The van der Waals surface area contributed by atoms with E-state index in [1.165, 1.54) is 16.8 Å². The van der Waals surface area contributed by atoms with E-state index in [4.69, 9.17) is 0 Å². The van der Waals surface area contributed by atoms with Gasteiger partial charge in [-0.3, -0.25) is 4.79 Å². The molecule has 2 N–H and O–H groups in total. The van der Waals surface area contributed by atoms with Gasteiger partial charge in [-0.05, 0) is 24.1 Å². The van der Waals surface area contributed by atoms with Gasteiger partial charge >= 0.3 is 6.18 Å². The molecule has 1 aromatic carbocycles. The van der Waals surface area contributed by atoms with Crippen molar-refractivity contribution in [2.45, 2.75) is 25.6 Å². The van der Waals surface area contributed by atoms with Crippen LogP contribution in [0.3, 0.4) is 0 Å². The number of hydrogen-bond acceptors (Lipinski definition) is 5. The van der Waals surface area contributed by atoms with Crippen molar-refractivity contribution in [1.82, 2.24) is 15.0 Å². The smallest absolute Gasteiger partial charge is 0.354 e. The van der Waals surface area contributed by atoms with Gasteiger partial charge in [0.1, 0.15) is 0 Å². The molecule has 2 heterocycles. The number of nitrogens with one attached hydrogen (secondary N) is 2. The van der Waals surface area contributed by atoms with Gasteiger partial charge in [0.05, 0.1) is 16.8 Å². The molecular formula is C18H22F3N5O. The maximum atomic E-state index is 12.7. The van der Waals surface area contributed by atoms with Crippen LogP contribution in [0.5, 0.6) is 0 Å². The third-order valence-corrected chi connectivity index (χ3v) is 4.46. The number of anilines is 1. The van der Waals surface area contributed by atoms with E-state index in [2.05, 4.69) is 15.6 Å². The summed E-state index contributed by atoms with van der Waals surface area (Å²) in [6, 6.07) is 5.09. The summed E-state index contributed by atoms with van der Waals surface area (Å²) >= 11 is 0. The third kappa shape index (κ3) is 4.24. The number of rotatable bonds is 5. The normalized spacial score (nSPS) is 14.0. The molecule has 0 amide bonds. The molecular weight excluding hydrogens is 359 g/mol. The molecule has 0 saturated heterocycles. The van der Waals surface area contributed by atoms with E-state index < -0.39 is 11.7 Å². The number of fused-ring (bicyclic) bond motifs is 1. The lowest BCUT2D eigenvalue weighted by molar-refractivity contribution is -0.137. The minimum atomic E-state index is -4.33. The zero-order valence-electron chi connectivity index (χ0n) is 15.2. The Morgan fingerprint density at radius 1 is 1.26 bits per heavy atom. The summed E-state index contributed by atoms with van der Waals surface area (Å²) in [4.78, 5) is 17.3. The Kier molecular flexibility index (Phi) is 5.41. The highest BCUT2D eigenvalue weighted by Gasteiger charge is 2.29. The molecule has 0 unspecified atom stereocenters. The SMILES string of the molecule is CN(C)n1c(NCCc2ccc(C(F)(F)F)cc2)nc2c(c1=O)CNCC2. The van der Waals surface area contributed by atoms with Crippen molar-refractivity contribution in [2.75, 3.05) is 37.5 Å². The van der Waals surface area contributed by atoms with Crippen molar-refractivity contribution < 1.29 is 13.2 Å². The minimum Gasteiger partial charge on any atom is -0.354 e. The summed E-state index contributed by atoms with van der Waals surface area (Å²) in [5.74, 6) is 0.442. The summed E-state index contributed by atoms with van der Waals surface area (Å²) in [6.07, 6.45) is -3.13. The van der Waals surface area contributed by atoms with Gasteiger partial charge < -0.3 is 15.6 Å². The van der Waals surface area contributed by atoms with Gasteiger partial charge in [-0.15, -0.1) is 0 Å². The van der Waals surface area contributed by atoms with Gasteiger partial charge in [-0.1, -0.05) is 12.1 Å². The molecule has 0 spiro atoms. The lowest BCUT2D eigenvalue weighted by atomic mass is 10.1. The molecule has 1 aromatic heterocycles. The lowest BCUT2D eigenvalue weighted by Crippen LogP contribution is -2.43. The predicted molar refractivity (Wildman–Crippen MR) is 97.6 cm³/mol. The van der Waals surface area contributed by atoms with Gasteiger partial charge in [-0.2, -0.15) is 17.8 Å². The first-order chi connectivity index (χ1) is 12.8. The Morgan fingerprint density at radius 2 is 1.96 bits per heavy atom. The highest BCUT2D eigenvalue weighted by Crippen LogP contribution is 2.29. The van der Waals surface area contributed by atoms with Crippen molar-refractivity contribution >= 4 is 5.95 Å². The predicted octanol–water partition coefficient (Wildman–Crippen LogP) is 1.76. The number of nitrogens with zero attached hydrogens (tertiary/aromatic N) is 3. The molecule has 3 rings (SSSR count). The van der Waals surface area contributed by atoms with Crippen LogP contribution in [0.2, 0.25) is 0 Å². The van der Waals surface area contributed by atoms with Crippen LogP contribution in [0.1, 0.15) is 22.4 Å². The fourth-order valence-corrected chi connectivity index (χ4v) is 3.06. The number of hydrogen-bond donors (Lipinski definition) is 2. The van der Waals surface area contributed by atoms with Gasteiger partial charge in [0.15, 0.2) is 0 Å². The van der Waals surface area contributed by atoms with Gasteiger partial charge in [0, 0.05) is 40.2 Å². The highest BCUT2D eigenvalue weighted by atomic mass is 19.4. The molecule has 0 aliphatic carbocycles. The van der Waals surface area contributed by atoms with Gasteiger partial charge in [0.25, 0.3) is 5.56 Å². The first kappa shape index (κ1) is 19.2. The molecule has 9 heteroatoms. The summed E-state index contributed by atoms with van der Waals surface area (Å²) in [5, 5.41) is 7.98. The van der Waals surface area contributed by atoms with E-state index in [9.17, 15) is 18.0 Å². The number of benzene rings is 1. The molecule has 0 bridgehead atoms. The Hall–Kier alpha value is -2.55. The standard InChI is InChI=1S/C18H22F3N5O/c1-25(2)26-16(27)14-11-22-9-8-15(14)24-17(26)23-10-7-12-3-5-13(6-4-12)18(19,20)21/h3-6,22H,7-11H2,1-2H3,(H,23,24). The molecule has 27 heavy (non-hydrogen) atoms. The van der Waals surface area contributed by atoms with Crippen LogP contribution in [-0.2, 0) is 25.6 Å². The maximum Gasteiger partial charge on any atom is 0.416 e. The van der Waals surface area contributed by atoms with E-state index in [1.807, 2.05) is 0 Å². The Labute approximate surface area is 155 Å². The largest absolute Gasteiger partial charge is 0.416 e. The molecule has 146 valence electrons. The quantitative estimate of drug-likeness (QED) is 0.827. The maximum absolute atomic E-state index is 12.7. The third-order valence-electron chi connectivity index (χ3n) is 4.46.